The van der Waals surface area contributed by atoms with Crippen LogP contribution in [0.2, 0.25) is 0 Å². The lowest BCUT2D eigenvalue weighted by Gasteiger charge is -2.12. The highest BCUT2D eigenvalue weighted by Gasteiger charge is 2.14. The lowest BCUT2D eigenvalue weighted by molar-refractivity contribution is 0.0600. The molecule has 0 amide bonds. The number of carbonyl (C=O) groups is 1. The largest absolute Gasteiger partial charge is 0.465 e. The molecule has 1 heterocycles. The summed E-state index contributed by atoms with van der Waals surface area (Å²) in [4.78, 5) is 16.7. The number of nitrogens with two attached hydrogens (primary N) is 1. The Kier molecular flexibility index (Phi) is 5.55. The van der Waals surface area contributed by atoms with Crippen LogP contribution in [0, 0.1) is 13.8 Å². The number of nitrogens with zero attached hydrogens (tertiary/aromatic N) is 1. The molecular formula is C18H25N3O2. The normalized spacial score (nSPS) is 16.3. The van der Waals surface area contributed by atoms with Crippen molar-refractivity contribution in [2.75, 3.05) is 20.2 Å². The quantitative estimate of drug-likeness (QED) is 0.663. The number of benzene rings is 1. The maximum atomic E-state index is 11.9. The second-order valence-corrected chi connectivity index (χ2v) is 5.89. The number of hydrogen-bond donors (Lipinski definition) is 2. The van der Waals surface area contributed by atoms with Gasteiger partial charge in [-0.15, -0.1) is 0 Å². The molecule has 0 spiro atoms. The first-order valence-electron chi connectivity index (χ1n) is 7.87. The van der Waals surface area contributed by atoms with Gasteiger partial charge in [0.2, 0.25) is 0 Å². The van der Waals surface area contributed by atoms with Crippen molar-refractivity contribution in [1.82, 2.24) is 5.32 Å². The Morgan fingerprint density at radius 1 is 1.17 bits per heavy atom. The number of ether oxygens (including phenoxy) is 1. The van der Waals surface area contributed by atoms with Gasteiger partial charge < -0.3 is 15.8 Å². The van der Waals surface area contributed by atoms with Crippen molar-refractivity contribution in [1.29, 1.82) is 0 Å². The van der Waals surface area contributed by atoms with Crippen LogP contribution in [0.1, 0.15) is 46.8 Å². The summed E-state index contributed by atoms with van der Waals surface area (Å²) in [7, 11) is 1.40. The zero-order chi connectivity index (χ0) is 17.0. The molecule has 0 aliphatic carbocycles. The molecule has 23 heavy (non-hydrogen) atoms. The lowest BCUT2D eigenvalue weighted by atomic mass is 9.97. The van der Waals surface area contributed by atoms with Crippen molar-refractivity contribution < 1.29 is 9.53 Å². The van der Waals surface area contributed by atoms with Crippen LogP contribution in [-0.2, 0) is 4.74 Å². The van der Waals surface area contributed by atoms with Gasteiger partial charge in [-0.25, -0.2) is 4.79 Å². The molecule has 1 aromatic rings. The average molecular weight is 315 g/mol. The van der Waals surface area contributed by atoms with E-state index >= 15 is 0 Å². The van der Waals surface area contributed by atoms with E-state index in [1.165, 1.54) is 7.11 Å². The molecule has 0 atom stereocenters. The molecule has 0 saturated carbocycles. The summed E-state index contributed by atoms with van der Waals surface area (Å²) in [5.74, 6) is -0.325. The zero-order valence-corrected chi connectivity index (χ0v) is 14.3. The predicted molar refractivity (Wildman–Crippen MR) is 92.8 cm³/mol. The summed E-state index contributed by atoms with van der Waals surface area (Å²) in [6.07, 6.45) is 1.63. The van der Waals surface area contributed by atoms with Gasteiger partial charge in [0, 0.05) is 37.3 Å². The SMILES string of the molecule is COC(=O)c1cc(/C(C)=N/C2=C(N)CCNCC2)c(C)cc1C. The number of aryl methyl sites for hydroxylation is 2. The van der Waals surface area contributed by atoms with Crippen LogP contribution in [0.4, 0.5) is 0 Å². The van der Waals surface area contributed by atoms with E-state index in [0.29, 0.717) is 5.56 Å². The van der Waals surface area contributed by atoms with Crippen LogP contribution in [-0.4, -0.2) is 31.9 Å². The lowest BCUT2D eigenvalue weighted by Crippen LogP contribution is -2.14. The molecule has 1 aliphatic heterocycles. The molecule has 5 nitrogen and oxygen atoms in total. The molecular weight excluding hydrogens is 290 g/mol. The first kappa shape index (κ1) is 17.2. The van der Waals surface area contributed by atoms with Crippen molar-refractivity contribution in [2.24, 2.45) is 10.7 Å². The van der Waals surface area contributed by atoms with Gasteiger partial charge in [0.05, 0.1) is 18.4 Å². The molecule has 0 radical (unpaired) electrons. The van der Waals surface area contributed by atoms with Crippen molar-refractivity contribution in [3.8, 4) is 0 Å². The Balaban J connectivity index is 2.44. The summed E-state index contributed by atoms with van der Waals surface area (Å²) < 4.78 is 4.86. The number of methoxy groups -OCH3 is 1. The minimum Gasteiger partial charge on any atom is -0.465 e. The van der Waals surface area contributed by atoms with Crippen LogP contribution in [0.3, 0.4) is 0 Å². The Morgan fingerprint density at radius 2 is 1.83 bits per heavy atom. The van der Waals surface area contributed by atoms with Crippen LogP contribution in [0.25, 0.3) is 0 Å². The van der Waals surface area contributed by atoms with Crippen LogP contribution >= 0.6 is 0 Å². The number of hydrogen-bond acceptors (Lipinski definition) is 5. The smallest absolute Gasteiger partial charge is 0.338 e. The third-order valence-electron chi connectivity index (χ3n) is 4.15. The maximum absolute atomic E-state index is 11.9. The highest BCUT2D eigenvalue weighted by Crippen LogP contribution is 2.20. The third kappa shape index (κ3) is 3.99. The van der Waals surface area contributed by atoms with E-state index in [1.807, 2.05) is 32.9 Å². The second-order valence-electron chi connectivity index (χ2n) is 5.89. The Bertz CT molecular complexity index is 675. The Labute approximate surface area is 137 Å². The highest BCUT2D eigenvalue weighted by molar-refractivity contribution is 6.03. The van der Waals surface area contributed by atoms with E-state index in [2.05, 4.69) is 5.32 Å². The molecule has 0 bridgehead atoms. The summed E-state index contributed by atoms with van der Waals surface area (Å²) >= 11 is 0. The molecule has 2 rings (SSSR count). The molecule has 5 heteroatoms. The Hall–Kier alpha value is -2.14. The maximum Gasteiger partial charge on any atom is 0.338 e. The molecule has 1 aliphatic rings. The number of esters is 1. The fourth-order valence-electron chi connectivity index (χ4n) is 2.82. The topological polar surface area (TPSA) is 76.7 Å². The molecule has 0 saturated heterocycles. The van der Waals surface area contributed by atoms with Gasteiger partial charge in [0.25, 0.3) is 0 Å². The highest BCUT2D eigenvalue weighted by atomic mass is 16.5. The van der Waals surface area contributed by atoms with Crippen molar-refractivity contribution >= 4 is 11.7 Å². The summed E-state index contributed by atoms with van der Waals surface area (Å²) in [6, 6.07) is 3.86. The van der Waals surface area contributed by atoms with Gasteiger partial charge in [-0.2, -0.15) is 0 Å². The van der Waals surface area contributed by atoms with Gasteiger partial charge >= 0.3 is 5.97 Å². The standard InChI is InChI=1S/C18H25N3O2/c1-11-9-12(2)15(18(22)23-4)10-14(11)13(3)21-17-6-8-20-7-5-16(17)19/h9-10,20H,5-8,19H2,1-4H3/b21-13+. The first-order chi connectivity index (χ1) is 10.9. The minimum atomic E-state index is -0.325. The third-order valence-corrected chi connectivity index (χ3v) is 4.15. The van der Waals surface area contributed by atoms with Gasteiger partial charge in [-0.3, -0.25) is 4.99 Å². The summed E-state index contributed by atoms with van der Waals surface area (Å²) in [5, 5.41) is 3.32. The van der Waals surface area contributed by atoms with E-state index in [-0.39, 0.29) is 5.97 Å². The van der Waals surface area contributed by atoms with Crippen molar-refractivity contribution in [3.63, 3.8) is 0 Å². The molecule has 124 valence electrons. The van der Waals surface area contributed by atoms with Crippen molar-refractivity contribution in [3.05, 3.63) is 45.8 Å². The Morgan fingerprint density at radius 3 is 2.52 bits per heavy atom. The van der Waals surface area contributed by atoms with E-state index in [4.69, 9.17) is 15.5 Å². The number of carbonyl (C=O) groups excluding carboxylic acids is 1. The molecule has 0 fully saturated rings. The van der Waals surface area contributed by atoms with Crippen LogP contribution < -0.4 is 11.1 Å². The minimum absolute atomic E-state index is 0.325. The van der Waals surface area contributed by atoms with Crippen molar-refractivity contribution in [2.45, 2.75) is 33.6 Å². The summed E-state index contributed by atoms with van der Waals surface area (Å²) in [5.41, 5.74) is 12.3. The van der Waals surface area contributed by atoms with Gasteiger partial charge in [0.15, 0.2) is 0 Å². The van der Waals surface area contributed by atoms with Gasteiger partial charge in [0.1, 0.15) is 0 Å². The van der Waals surface area contributed by atoms with E-state index in [0.717, 1.165) is 59.7 Å². The average Bonchev–Trinajstić information content (AvgIpc) is 2.71. The molecule has 1 aromatic carbocycles. The van der Waals surface area contributed by atoms with Crippen LogP contribution in [0.5, 0.6) is 0 Å². The van der Waals surface area contributed by atoms with E-state index in [1.54, 1.807) is 0 Å². The first-order valence-corrected chi connectivity index (χ1v) is 7.87. The fourth-order valence-corrected chi connectivity index (χ4v) is 2.82. The van der Waals surface area contributed by atoms with Gasteiger partial charge in [-0.1, -0.05) is 6.07 Å². The number of rotatable bonds is 3. The monoisotopic (exact) mass is 315 g/mol. The van der Waals surface area contributed by atoms with E-state index < -0.39 is 0 Å². The summed E-state index contributed by atoms with van der Waals surface area (Å²) in [6.45, 7) is 7.66. The molecule has 3 N–H and O–H groups in total. The number of nitrogens with one attached hydrogen (secondary N) is 1. The van der Waals surface area contributed by atoms with E-state index in [9.17, 15) is 4.79 Å². The fraction of sp³-hybridized carbons (Fsp3) is 0.444. The van der Waals surface area contributed by atoms with Crippen LogP contribution in [0.15, 0.2) is 28.5 Å². The zero-order valence-electron chi connectivity index (χ0n) is 14.3. The second kappa shape index (κ2) is 7.42. The molecule has 0 unspecified atom stereocenters. The predicted octanol–water partition coefficient (Wildman–Crippen LogP) is 2.45. The van der Waals surface area contributed by atoms with Gasteiger partial charge in [-0.05, 0) is 43.5 Å². The number of aliphatic imine (C=N–C) groups is 1. The molecule has 0 aromatic heterocycles.